The van der Waals surface area contributed by atoms with Gasteiger partial charge >= 0.3 is 0 Å². The van der Waals surface area contributed by atoms with Gasteiger partial charge in [-0.05, 0) is 18.4 Å². The maximum Gasteiger partial charge on any atom is 0.185 e. The predicted molar refractivity (Wildman–Crippen MR) is 85.2 cm³/mol. The molecule has 0 fully saturated rings. The van der Waals surface area contributed by atoms with Crippen LogP contribution >= 0.6 is 11.3 Å². The van der Waals surface area contributed by atoms with Crippen molar-refractivity contribution in [3.05, 3.63) is 46.2 Å². The Bertz CT molecular complexity index is 600. The lowest BCUT2D eigenvalue weighted by Gasteiger charge is -2.16. The van der Waals surface area contributed by atoms with E-state index in [1.165, 1.54) is 17.4 Å². The van der Waals surface area contributed by atoms with Gasteiger partial charge in [0.05, 0.1) is 17.2 Å². The lowest BCUT2D eigenvalue weighted by atomic mass is 10.0. The van der Waals surface area contributed by atoms with Crippen LogP contribution in [0.2, 0.25) is 0 Å². The van der Waals surface area contributed by atoms with Crippen LogP contribution in [0.25, 0.3) is 0 Å². The van der Waals surface area contributed by atoms with Crippen molar-refractivity contribution in [2.75, 3.05) is 11.9 Å². The highest BCUT2D eigenvalue weighted by Gasteiger charge is 2.18. The third kappa shape index (κ3) is 3.60. The summed E-state index contributed by atoms with van der Waals surface area (Å²) in [6.07, 6.45) is 0.979. The van der Waals surface area contributed by atoms with E-state index in [1.54, 1.807) is 12.1 Å². The molecule has 0 aliphatic heterocycles. The molecule has 0 saturated heterocycles. The number of aliphatic hydroxyl groups excluding tert-OH is 1. The van der Waals surface area contributed by atoms with Gasteiger partial charge in [0.1, 0.15) is 5.82 Å². The molecule has 3 nitrogen and oxygen atoms in total. The van der Waals surface area contributed by atoms with Crippen LogP contribution in [0.1, 0.15) is 42.3 Å². The molecule has 0 radical (unpaired) electrons. The van der Waals surface area contributed by atoms with Crippen LogP contribution in [-0.4, -0.2) is 17.1 Å². The van der Waals surface area contributed by atoms with Crippen molar-refractivity contribution in [3.8, 4) is 0 Å². The lowest BCUT2D eigenvalue weighted by molar-refractivity contribution is 0.283. The fourth-order valence-electron chi connectivity index (χ4n) is 2.16. The molecule has 0 amide bonds. The van der Waals surface area contributed by atoms with Crippen LogP contribution in [0, 0.1) is 5.82 Å². The second-order valence-electron chi connectivity index (χ2n) is 5.22. The SMILES string of the molecule is CCC(C)c1nc(N(C)Cc2ccccc2F)sc1CO. The number of aliphatic hydroxyl groups is 1. The van der Waals surface area contributed by atoms with Gasteiger partial charge in [0.2, 0.25) is 0 Å². The zero-order valence-electron chi connectivity index (χ0n) is 12.6. The normalized spacial score (nSPS) is 12.4. The molecular weight excluding hydrogens is 287 g/mol. The van der Waals surface area contributed by atoms with Crippen LogP contribution in [-0.2, 0) is 13.2 Å². The second-order valence-corrected chi connectivity index (χ2v) is 6.28. The van der Waals surface area contributed by atoms with E-state index in [1.807, 2.05) is 18.0 Å². The summed E-state index contributed by atoms with van der Waals surface area (Å²) in [5, 5.41) is 10.3. The Kier molecular flexibility index (Phi) is 5.31. The fraction of sp³-hybridized carbons (Fsp3) is 0.438. The van der Waals surface area contributed by atoms with Gasteiger partial charge in [-0.2, -0.15) is 0 Å². The van der Waals surface area contributed by atoms with E-state index in [2.05, 4.69) is 18.8 Å². The molecule has 0 spiro atoms. The van der Waals surface area contributed by atoms with Crippen LogP contribution in [0.5, 0.6) is 0 Å². The van der Waals surface area contributed by atoms with Gasteiger partial charge < -0.3 is 10.0 Å². The van der Waals surface area contributed by atoms with Crippen molar-refractivity contribution in [2.24, 2.45) is 0 Å². The van der Waals surface area contributed by atoms with E-state index >= 15 is 0 Å². The molecule has 21 heavy (non-hydrogen) atoms. The van der Waals surface area contributed by atoms with Crippen molar-refractivity contribution in [1.82, 2.24) is 4.98 Å². The number of benzene rings is 1. The third-order valence-corrected chi connectivity index (χ3v) is 4.80. The number of hydrogen-bond acceptors (Lipinski definition) is 4. The van der Waals surface area contributed by atoms with Crippen LogP contribution in [0.4, 0.5) is 9.52 Å². The average molecular weight is 308 g/mol. The quantitative estimate of drug-likeness (QED) is 0.878. The number of hydrogen-bond donors (Lipinski definition) is 1. The number of thiazole rings is 1. The molecule has 1 N–H and O–H groups in total. The Morgan fingerprint density at radius 3 is 2.71 bits per heavy atom. The molecule has 1 aromatic heterocycles. The van der Waals surface area contributed by atoms with Gasteiger partial charge in [0.25, 0.3) is 0 Å². The molecule has 0 saturated carbocycles. The van der Waals surface area contributed by atoms with Crippen molar-refractivity contribution in [2.45, 2.75) is 39.3 Å². The standard InChI is InChI=1S/C16H21FN2OS/c1-4-11(2)15-14(10-20)21-16(18-15)19(3)9-12-7-5-6-8-13(12)17/h5-8,11,20H,4,9-10H2,1-3H3. The van der Waals surface area contributed by atoms with Gasteiger partial charge in [-0.1, -0.05) is 43.4 Å². The molecule has 114 valence electrons. The zero-order valence-corrected chi connectivity index (χ0v) is 13.5. The summed E-state index contributed by atoms with van der Waals surface area (Å²) < 4.78 is 13.7. The van der Waals surface area contributed by atoms with E-state index < -0.39 is 0 Å². The largest absolute Gasteiger partial charge is 0.391 e. The number of anilines is 1. The van der Waals surface area contributed by atoms with Crippen molar-refractivity contribution in [1.29, 1.82) is 0 Å². The predicted octanol–water partition coefficient (Wildman–Crippen LogP) is 3.92. The van der Waals surface area contributed by atoms with E-state index in [0.717, 1.165) is 22.1 Å². The van der Waals surface area contributed by atoms with Gasteiger partial charge in [-0.25, -0.2) is 9.37 Å². The number of rotatable bonds is 6. The number of nitrogens with zero attached hydrogens (tertiary/aromatic N) is 2. The second kappa shape index (κ2) is 7.00. The summed E-state index contributed by atoms with van der Waals surface area (Å²) in [5.41, 5.74) is 1.60. The summed E-state index contributed by atoms with van der Waals surface area (Å²) in [5.74, 6) is 0.115. The highest BCUT2D eigenvalue weighted by atomic mass is 32.1. The van der Waals surface area contributed by atoms with Gasteiger partial charge in [0.15, 0.2) is 5.13 Å². The number of aromatic nitrogens is 1. The minimum absolute atomic E-state index is 0.00484. The molecule has 1 aromatic carbocycles. The Morgan fingerprint density at radius 2 is 2.10 bits per heavy atom. The highest BCUT2D eigenvalue weighted by Crippen LogP contribution is 2.32. The summed E-state index contributed by atoms with van der Waals surface area (Å²) in [7, 11) is 1.90. The van der Waals surface area contributed by atoms with E-state index in [4.69, 9.17) is 0 Å². The fourth-order valence-corrected chi connectivity index (χ4v) is 3.16. The average Bonchev–Trinajstić information content (AvgIpc) is 2.93. The summed E-state index contributed by atoms with van der Waals surface area (Å²) in [6, 6.07) is 6.77. The van der Waals surface area contributed by atoms with Gasteiger partial charge in [-0.15, -0.1) is 0 Å². The summed E-state index contributed by atoms with van der Waals surface area (Å²) in [4.78, 5) is 7.47. The Labute approximate surface area is 129 Å². The molecule has 1 heterocycles. The van der Waals surface area contributed by atoms with E-state index in [0.29, 0.717) is 18.0 Å². The number of halogens is 1. The first-order valence-electron chi connectivity index (χ1n) is 7.11. The van der Waals surface area contributed by atoms with E-state index in [-0.39, 0.29) is 12.4 Å². The Hall–Kier alpha value is -1.46. The lowest BCUT2D eigenvalue weighted by Crippen LogP contribution is -2.17. The topological polar surface area (TPSA) is 36.4 Å². The molecule has 1 unspecified atom stereocenters. The van der Waals surface area contributed by atoms with Crippen molar-refractivity contribution < 1.29 is 9.50 Å². The molecule has 2 rings (SSSR count). The molecular formula is C16H21FN2OS. The molecule has 0 bridgehead atoms. The van der Waals surface area contributed by atoms with Crippen molar-refractivity contribution in [3.63, 3.8) is 0 Å². The maximum atomic E-state index is 13.7. The van der Waals surface area contributed by atoms with Crippen molar-refractivity contribution >= 4 is 16.5 Å². The first-order chi connectivity index (χ1) is 10.1. The minimum atomic E-state index is -0.203. The summed E-state index contributed by atoms with van der Waals surface area (Å²) >= 11 is 1.48. The molecule has 0 aliphatic carbocycles. The van der Waals surface area contributed by atoms with Gasteiger partial charge in [0, 0.05) is 19.2 Å². The molecule has 5 heteroatoms. The molecule has 2 aromatic rings. The smallest absolute Gasteiger partial charge is 0.185 e. The van der Waals surface area contributed by atoms with Crippen LogP contribution in [0.15, 0.2) is 24.3 Å². The third-order valence-electron chi connectivity index (χ3n) is 3.63. The molecule has 1 atom stereocenters. The highest BCUT2D eigenvalue weighted by molar-refractivity contribution is 7.15. The summed E-state index contributed by atoms with van der Waals surface area (Å²) in [6.45, 7) is 4.68. The first kappa shape index (κ1) is 15.9. The van der Waals surface area contributed by atoms with E-state index in [9.17, 15) is 9.50 Å². The Balaban J connectivity index is 2.21. The molecule has 0 aliphatic rings. The maximum absolute atomic E-state index is 13.7. The Morgan fingerprint density at radius 1 is 1.38 bits per heavy atom. The monoisotopic (exact) mass is 308 g/mol. The van der Waals surface area contributed by atoms with Crippen LogP contribution in [0.3, 0.4) is 0 Å². The minimum Gasteiger partial charge on any atom is -0.391 e. The zero-order chi connectivity index (χ0) is 15.4. The van der Waals surface area contributed by atoms with Crippen LogP contribution < -0.4 is 4.90 Å². The first-order valence-corrected chi connectivity index (χ1v) is 7.93. The van der Waals surface area contributed by atoms with Gasteiger partial charge in [-0.3, -0.25) is 0 Å².